The van der Waals surface area contributed by atoms with Crippen LogP contribution in [0.15, 0.2) is 63.1 Å². The van der Waals surface area contributed by atoms with Gasteiger partial charge in [-0.1, -0.05) is 41.9 Å². The van der Waals surface area contributed by atoms with Gasteiger partial charge in [0, 0.05) is 16.0 Å². The van der Waals surface area contributed by atoms with E-state index in [1.807, 2.05) is 35.7 Å². The molecular weight excluding hydrogens is 342 g/mol. The van der Waals surface area contributed by atoms with Gasteiger partial charge in [-0.25, -0.2) is 4.98 Å². The molecule has 0 saturated carbocycles. The Bertz CT molecular complexity index is 1100. The summed E-state index contributed by atoms with van der Waals surface area (Å²) in [5.41, 5.74) is 2.57. The SMILES string of the molecule is Cc1oc2ccc(Cl)cc2c(=O)c1-c1csc(-c2ccccc2)n1. The second-order valence-electron chi connectivity index (χ2n) is 5.41. The van der Waals surface area contributed by atoms with Crippen LogP contribution in [0.3, 0.4) is 0 Å². The zero-order valence-corrected chi connectivity index (χ0v) is 14.3. The maximum atomic E-state index is 12.9. The number of benzene rings is 2. The minimum absolute atomic E-state index is 0.110. The van der Waals surface area contributed by atoms with Crippen LogP contribution in [0.4, 0.5) is 0 Å². The van der Waals surface area contributed by atoms with Crippen molar-refractivity contribution in [2.24, 2.45) is 0 Å². The Morgan fingerprint density at radius 1 is 1.12 bits per heavy atom. The van der Waals surface area contributed by atoms with E-state index in [4.69, 9.17) is 16.0 Å². The number of hydrogen-bond donors (Lipinski definition) is 0. The molecule has 0 saturated heterocycles. The van der Waals surface area contributed by atoms with Crippen molar-refractivity contribution in [2.75, 3.05) is 0 Å². The molecule has 0 aliphatic rings. The van der Waals surface area contributed by atoms with E-state index >= 15 is 0 Å². The van der Waals surface area contributed by atoms with Crippen molar-refractivity contribution in [1.29, 1.82) is 0 Å². The molecule has 3 nitrogen and oxygen atoms in total. The lowest BCUT2D eigenvalue weighted by Gasteiger charge is -2.05. The predicted molar refractivity (Wildman–Crippen MR) is 98.8 cm³/mol. The monoisotopic (exact) mass is 353 g/mol. The van der Waals surface area contributed by atoms with E-state index < -0.39 is 0 Å². The quantitative estimate of drug-likeness (QED) is 0.474. The number of thiazole rings is 1. The summed E-state index contributed by atoms with van der Waals surface area (Å²) in [6, 6.07) is 15.0. The van der Waals surface area contributed by atoms with Gasteiger partial charge in [-0.2, -0.15) is 0 Å². The van der Waals surface area contributed by atoms with Crippen LogP contribution in [0, 0.1) is 6.92 Å². The average molecular weight is 354 g/mol. The molecule has 4 aromatic rings. The summed E-state index contributed by atoms with van der Waals surface area (Å²) in [5, 5.41) is 3.73. The molecule has 0 spiro atoms. The molecule has 0 bridgehead atoms. The second-order valence-corrected chi connectivity index (χ2v) is 6.70. The van der Waals surface area contributed by atoms with E-state index in [9.17, 15) is 4.79 Å². The Labute approximate surface area is 147 Å². The molecule has 24 heavy (non-hydrogen) atoms. The number of hydrogen-bond acceptors (Lipinski definition) is 4. The zero-order valence-electron chi connectivity index (χ0n) is 12.7. The van der Waals surface area contributed by atoms with Crippen LogP contribution < -0.4 is 5.43 Å². The van der Waals surface area contributed by atoms with Crippen LogP contribution in [-0.4, -0.2) is 4.98 Å². The summed E-state index contributed by atoms with van der Waals surface area (Å²) in [4.78, 5) is 17.5. The van der Waals surface area contributed by atoms with Gasteiger partial charge in [0.15, 0.2) is 0 Å². The van der Waals surface area contributed by atoms with Crippen LogP contribution in [0.5, 0.6) is 0 Å². The van der Waals surface area contributed by atoms with Crippen molar-refractivity contribution >= 4 is 33.9 Å². The molecule has 0 aliphatic carbocycles. The number of fused-ring (bicyclic) bond motifs is 1. The topological polar surface area (TPSA) is 43.1 Å². The molecule has 0 atom stereocenters. The standard InChI is InChI=1S/C19H12ClNO2S/c1-11-17(18(22)14-9-13(20)7-8-16(14)23-11)15-10-24-19(21-15)12-5-3-2-4-6-12/h2-10H,1H3. The fraction of sp³-hybridized carbons (Fsp3) is 0.0526. The maximum absolute atomic E-state index is 12.9. The van der Waals surface area contributed by atoms with Crippen molar-refractivity contribution in [1.82, 2.24) is 4.98 Å². The highest BCUT2D eigenvalue weighted by Crippen LogP contribution is 2.30. The Kier molecular flexibility index (Phi) is 3.71. The van der Waals surface area contributed by atoms with Gasteiger partial charge < -0.3 is 4.42 Å². The van der Waals surface area contributed by atoms with Crippen LogP contribution in [0.1, 0.15) is 5.76 Å². The first-order valence-electron chi connectivity index (χ1n) is 7.38. The number of nitrogens with zero attached hydrogens (tertiary/aromatic N) is 1. The smallest absolute Gasteiger partial charge is 0.202 e. The molecular formula is C19H12ClNO2S. The van der Waals surface area contributed by atoms with Gasteiger partial charge in [0.2, 0.25) is 5.43 Å². The number of aromatic nitrogens is 1. The van der Waals surface area contributed by atoms with Gasteiger partial charge in [0.1, 0.15) is 16.4 Å². The van der Waals surface area contributed by atoms with E-state index in [-0.39, 0.29) is 5.43 Å². The lowest BCUT2D eigenvalue weighted by molar-refractivity contribution is 0.567. The third-order valence-electron chi connectivity index (χ3n) is 3.81. The van der Waals surface area contributed by atoms with E-state index in [0.717, 1.165) is 10.6 Å². The largest absolute Gasteiger partial charge is 0.460 e. The lowest BCUT2D eigenvalue weighted by atomic mass is 10.1. The van der Waals surface area contributed by atoms with Crippen LogP contribution in [-0.2, 0) is 0 Å². The summed E-state index contributed by atoms with van der Waals surface area (Å²) in [5.74, 6) is 0.555. The predicted octanol–water partition coefficient (Wildman–Crippen LogP) is 5.55. The third kappa shape index (κ3) is 2.54. The zero-order chi connectivity index (χ0) is 16.7. The number of aryl methyl sites for hydroxylation is 1. The highest BCUT2D eigenvalue weighted by atomic mass is 35.5. The van der Waals surface area contributed by atoms with Gasteiger partial charge in [-0.3, -0.25) is 4.79 Å². The number of halogens is 1. The summed E-state index contributed by atoms with van der Waals surface area (Å²) in [6.45, 7) is 1.78. The maximum Gasteiger partial charge on any atom is 0.202 e. The fourth-order valence-electron chi connectivity index (χ4n) is 2.68. The summed E-state index contributed by atoms with van der Waals surface area (Å²) in [6.07, 6.45) is 0. The van der Waals surface area contributed by atoms with Gasteiger partial charge in [0.25, 0.3) is 0 Å². The van der Waals surface area contributed by atoms with E-state index in [2.05, 4.69) is 4.98 Å². The van der Waals surface area contributed by atoms with Crippen LogP contribution in [0.25, 0.3) is 32.8 Å². The Hall–Kier alpha value is -2.43. The highest BCUT2D eigenvalue weighted by molar-refractivity contribution is 7.13. The molecule has 5 heteroatoms. The number of rotatable bonds is 2. The van der Waals surface area contributed by atoms with E-state index in [0.29, 0.717) is 33.0 Å². The molecule has 118 valence electrons. The average Bonchev–Trinajstić information content (AvgIpc) is 3.06. The van der Waals surface area contributed by atoms with Crippen molar-refractivity contribution in [3.8, 4) is 21.8 Å². The van der Waals surface area contributed by atoms with E-state index in [1.54, 1.807) is 25.1 Å². The molecule has 4 rings (SSSR count). The van der Waals surface area contributed by atoms with Gasteiger partial charge in [-0.15, -0.1) is 11.3 Å². The van der Waals surface area contributed by atoms with Crippen molar-refractivity contribution in [3.63, 3.8) is 0 Å². The van der Waals surface area contributed by atoms with Crippen LogP contribution >= 0.6 is 22.9 Å². The minimum atomic E-state index is -0.110. The molecule has 0 unspecified atom stereocenters. The highest BCUT2D eigenvalue weighted by Gasteiger charge is 2.17. The lowest BCUT2D eigenvalue weighted by Crippen LogP contribution is -2.07. The van der Waals surface area contributed by atoms with Crippen molar-refractivity contribution in [2.45, 2.75) is 6.92 Å². The summed E-state index contributed by atoms with van der Waals surface area (Å²) in [7, 11) is 0. The first kappa shape index (κ1) is 15.1. The summed E-state index contributed by atoms with van der Waals surface area (Å²) >= 11 is 7.52. The first-order chi connectivity index (χ1) is 11.6. The molecule has 2 aromatic carbocycles. The Morgan fingerprint density at radius 2 is 1.92 bits per heavy atom. The Balaban J connectivity index is 1.91. The van der Waals surface area contributed by atoms with Gasteiger partial charge in [0.05, 0.1) is 16.6 Å². The van der Waals surface area contributed by atoms with Crippen molar-refractivity contribution in [3.05, 3.63) is 74.9 Å². The fourth-order valence-corrected chi connectivity index (χ4v) is 3.67. The van der Waals surface area contributed by atoms with Crippen LogP contribution in [0.2, 0.25) is 5.02 Å². The molecule has 0 amide bonds. The van der Waals surface area contributed by atoms with Crippen molar-refractivity contribution < 1.29 is 4.42 Å². The molecule has 0 aliphatic heterocycles. The third-order valence-corrected chi connectivity index (χ3v) is 4.94. The second kappa shape index (κ2) is 5.89. The Morgan fingerprint density at radius 3 is 2.71 bits per heavy atom. The van der Waals surface area contributed by atoms with E-state index in [1.165, 1.54) is 11.3 Å². The molecule has 2 heterocycles. The molecule has 0 radical (unpaired) electrons. The van der Waals surface area contributed by atoms with Gasteiger partial charge in [-0.05, 0) is 25.1 Å². The minimum Gasteiger partial charge on any atom is -0.460 e. The normalized spacial score (nSPS) is 11.1. The molecule has 0 fully saturated rings. The molecule has 2 aromatic heterocycles. The summed E-state index contributed by atoms with van der Waals surface area (Å²) < 4.78 is 5.80. The first-order valence-corrected chi connectivity index (χ1v) is 8.63. The molecule has 0 N–H and O–H groups in total. The van der Waals surface area contributed by atoms with Gasteiger partial charge >= 0.3 is 0 Å².